The van der Waals surface area contributed by atoms with E-state index in [4.69, 9.17) is 11.6 Å². The molecule has 102 valence electrons. The first-order valence-electron chi connectivity index (χ1n) is 6.23. The van der Waals surface area contributed by atoms with E-state index < -0.39 is 6.03 Å². The van der Waals surface area contributed by atoms with Crippen LogP contribution in [0.1, 0.15) is 12.8 Å². The quantitative estimate of drug-likeness (QED) is 0.891. The van der Waals surface area contributed by atoms with E-state index in [0.717, 1.165) is 25.9 Å². The molecule has 0 bridgehead atoms. The maximum absolute atomic E-state index is 11.7. The Labute approximate surface area is 116 Å². The second-order valence-corrected chi connectivity index (χ2v) is 4.84. The van der Waals surface area contributed by atoms with Crippen molar-refractivity contribution in [2.75, 3.05) is 25.0 Å². The minimum Gasteiger partial charge on any atom is -0.341 e. The normalized spacial score (nSPS) is 14.3. The van der Waals surface area contributed by atoms with Gasteiger partial charge in [0.15, 0.2) is 0 Å². The van der Waals surface area contributed by atoms with Crippen molar-refractivity contribution in [2.24, 2.45) is 0 Å². The number of carbonyl (C=O) groups excluding carboxylic acids is 2. The minimum atomic E-state index is -0.408. The summed E-state index contributed by atoms with van der Waals surface area (Å²) in [5.74, 6) is -0.0428. The standard InChI is InChI=1S/C13H16ClN3O2/c14-10-4-3-5-11(8-10)16-13(19)15-9-12(18)17-6-1-2-7-17/h3-5,8H,1-2,6-7,9H2,(H2,15,16,19). The van der Waals surface area contributed by atoms with Crippen molar-refractivity contribution in [1.82, 2.24) is 10.2 Å². The third kappa shape index (κ3) is 4.13. The molecule has 19 heavy (non-hydrogen) atoms. The predicted octanol–water partition coefficient (Wildman–Crippen LogP) is 2.08. The van der Waals surface area contributed by atoms with E-state index >= 15 is 0 Å². The van der Waals surface area contributed by atoms with Crippen molar-refractivity contribution < 1.29 is 9.59 Å². The summed E-state index contributed by atoms with van der Waals surface area (Å²) in [5, 5.41) is 5.71. The number of halogens is 1. The molecule has 1 aliphatic heterocycles. The zero-order valence-electron chi connectivity index (χ0n) is 10.5. The fraction of sp³-hybridized carbons (Fsp3) is 0.385. The molecule has 3 amide bonds. The van der Waals surface area contributed by atoms with Crippen molar-refractivity contribution in [3.63, 3.8) is 0 Å². The van der Waals surface area contributed by atoms with Crippen LogP contribution in [0.3, 0.4) is 0 Å². The van der Waals surface area contributed by atoms with E-state index in [1.165, 1.54) is 0 Å². The first-order valence-corrected chi connectivity index (χ1v) is 6.61. The van der Waals surface area contributed by atoms with Gasteiger partial charge in [-0.2, -0.15) is 0 Å². The van der Waals surface area contributed by atoms with Gasteiger partial charge in [0.2, 0.25) is 5.91 Å². The molecule has 1 saturated heterocycles. The first kappa shape index (κ1) is 13.7. The summed E-state index contributed by atoms with van der Waals surface area (Å²) in [6, 6.07) is 6.43. The molecule has 0 radical (unpaired) electrons. The van der Waals surface area contributed by atoms with Crippen LogP contribution in [0.25, 0.3) is 0 Å². The van der Waals surface area contributed by atoms with E-state index in [-0.39, 0.29) is 12.5 Å². The van der Waals surface area contributed by atoms with E-state index in [9.17, 15) is 9.59 Å². The summed E-state index contributed by atoms with van der Waals surface area (Å²) in [6.07, 6.45) is 2.08. The highest BCUT2D eigenvalue weighted by molar-refractivity contribution is 6.30. The van der Waals surface area contributed by atoms with Crippen LogP contribution in [-0.4, -0.2) is 36.5 Å². The molecule has 2 rings (SSSR count). The molecule has 0 spiro atoms. The van der Waals surface area contributed by atoms with Crippen molar-refractivity contribution in [1.29, 1.82) is 0 Å². The number of anilines is 1. The second kappa shape index (κ2) is 6.43. The van der Waals surface area contributed by atoms with E-state index in [1.54, 1.807) is 29.2 Å². The lowest BCUT2D eigenvalue weighted by Gasteiger charge is -2.15. The van der Waals surface area contributed by atoms with Gasteiger partial charge in [-0.25, -0.2) is 4.79 Å². The zero-order chi connectivity index (χ0) is 13.7. The number of amides is 3. The fourth-order valence-corrected chi connectivity index (χ4v) is 2.17. The smallest absolute Gasteiger partial charge is 0.319 e. The van der Waals surface area contributed by atoms with Gasteiger partial charge < -0.3 is 15.5 Å². The van der Waals surface area contributed by atoms with E-state index in [0.29, 0.717) is 10.7 Å². The Morgan fingerprint density at radius 1 is 1.26 bits per heavy atom. The van der Waals surface area contributed by atoms with Gasteiger partial charge in [0, 0.05) is 23.8 Å². The van der Waals surface area contributed by atoms with Crippen LogP contribution in [-0.2, 0) is 4.79 Å². The molecule has 0 aliphatic carbocycles. The minimum absolute atomic E-state index is 0.0202. The summed E-state index contributed by atoms with van der Waals surface area (Å²) >= 11 is 5.81. The second-order valence-electron chi connectivity index (χ2n) is 4.41. The fourth-order valence-electron chi connectivity index (χ4n) is 1.98. The maximum atomic E-state index is 11.7. The van der Waals surface area contributed by atoms with Crippen LogP contribution < -0.4 is 10.6 Å². The zero-order valence-corrected chi connectivity index (χ0v) is 11.2. The highest BCUT2D eigenvalue weighted by Gasteiger charge is 2.17. The number of likely N-dealkylation sites (tertiary alicyclic amines) is 1. The van der Waals surface area contributed by atoms with Crippen LogP contribution in [0, 0.1) is 0 Å². The lowest BCUT2D eigenvalue weighted by molar-refractivity contribution is -0.128. The average molecular weight is 282 g/mol. The topological polar surface area (TPSA) is 61.4 Å². The van der Waals surface area contributed by atoms with Gasteiger partial charge in [-0.15, -0.1) is 0 Å². The molecular formula is C13H16ClN3O2. The molecular weight excluding hydrogens is 266 g/mol. The van der Waals surface area contributed by atoms with Crippen LogP contribution in [0.4, 0.5) is 10.5 Å². The summed E-state index contributed by atoms with van der Waals surface area (Å²) in [5.41, 5.74) is 0.596. The average Bonchev–Trinajstić information content (AvgIpc) is 2.90. The molecule has 0 unspecified atom stereocenters. The molecule has 1 fully saturated rings. The molecule has 0 aromatic heterocycles. The molecule has 1 aliphatic rings. The number of nitrogens with zero attached hydrogens (tertiary/aromatic N) is 1. The van der Waals surface area contributed by atoms with Crippen LogP contribution in [0.5, 0.6) is 0 Å². The first-order chi connectivity index (χ1) is 9.15. The third-order valence-corrected chi connectivity index (χ3v) is 3.18. The largest absolute Gasteiger partial charge is 0.341 e. The highest BCUT2D eigenvalue weighted by Crippen LogP contribution is 2.14. The summed E-state index contributed by atoms with van der Waals surface area (Å²) in [7, 11) is 0. The Morgan fingerprint density at radius 3 is 2.68 bits per heavy atom. The molecule has 5 nitrogen and oxygen atoms in total. The van der Waals surface area contributed by atoms with Gasteiger partial charge in [0.25, 0.3) is 0 Å². The molecule has 0 saturated carbocycles. The van der Waals surface area contributed by atoms with Gasteiger partial charge in [0.05, 0.1) is 6.54 Å². The molecule has 1 heterocycles. The summed E-state index contributed by atoms with van der Waals surface area (Å²) in [4.78, 5) is 25.1. The summed E-state index contributed by atoms with van der Waals surface area (Å²) < 4.78 is 0. The molecule has 2 N–H and O–H groups in total. The van der Waals surface area contributed by atoms with Gasteiger partial charge >= 0.3 is 6.03 Å². The molecule has 6 heteroatoms. The number of benzene rings is 1. The van der Waals surface area contributed by atoms with Crippen molar-refractivity contribution in [3.05, 3.63) is 29.3 Å². The molecule has 1 aromatic rings. The van der Waals surface area contributed by atoms with E-state index in [2.05, 4.69) is 10.6 Å². The van der Waals surface area contributed by atoms with Crippen molar-refractivity contribution in [3.8, 4) is 0 Å². The number of urea groups is 1. The molecule has 1 aromatic carbocycles. The Kier molecular flexibility index (Phi) is 4.63. The number of hydrogen-bond donors (Lipinski definition) is 2. The van der Waals surface area contributed by atoms with Crippen LogP contribution >= 0.6 is 11.6 Å². The lowest BCUT2D eigenvalue weighted by Crippen LogP contribution is -2.40. The van der Waals surface area contributed by atoms with Gasteiger partial charge in [0.1, 0.15) is 0 Å². The van der Waals surface area contributed by atoms with Gasteiger partial charge in [-0.3, -0.25) is 4.79 Å². The SMILES string of the molecule is O=C(NCC(=O)N1CCCC1)Nc1cccc(Cl)c1. The van der Waals surface area contributed by atoms with Crippen LogP contribution in [0.15, 0.2) is 24.3 Å². The van der Waals surface area contributed by atoms with Crippen molar-refractivity contribution >= 4 is 29.2 Å². The third-order valence-electron chi connectivity index (χ3n) is 2.94. The number of hydrogen-bond acceptors (Lipinski definition) is 2. The Bertz CT molecular complexity index is 473. The van der Waals surface area contributed by atoms with Crippen LogP contribution in [0.2, 0.25) is 5.02 Å². The monoisotopic (exact) mass is 281 g/mol. The predicted molar refractivity (Wildman–Crippen MR) is 74.3 cm³/mol. The van der Waals surface area contributed by atoms with Gasteiger partial charge in [-0.05, 0) is 31.0 Å². The van der Waals surface area contributed by atoms with Gasteiger partial charge in [-0.1, -0.05) is 17.7 Å². The molecule has 0 atom stereocenters. The number of carbonyl (C=O) groups is 2. The lowest BCUT2D eigenvalue weighted by atomic mass is 10.3. The number of rotatable bonds is 3. The van der Waals surface area contributed by atoms with Crippen molar-refractivity contribution in [2.45, 2.75) is 12.8 Å². The summed E-state index contributed by atoms with van der Waals surface area (Å²) in [6.45, 7) is 1.60. The Balaban J connectivity index is 1.76. The Morgan fingerprint density at radius 2 is 2.00 bits per heavy atom. The number of nitrogens with one attached hydrogen (secondary N) is 2. The highest BCUT2D eigenvalue weighted by atomic mass is 35.5. The maximum Gasteiger partial charge on any atom is 0.319 e. The van der Waals surface area contributed by atoms with E-state index in [1.807, 2.05) is 0 Å². The Hall–Kier alpha value is -1.75.